The minimum absolute atomic E-state index is 0.0297. The van der Waals surface area contributed by atoms with Crippen LogP contribution in [0.2, 0.25) is 0 Å². The van der Waals surface area contributed by atoms with Crippen LogP contribution >= 0.6 is 0 Å². The Balaban J connectivity index is 1.41. The summed E-state index contributed by atoms with van der Waals surface area (Å²) in [5.41, 5.74) is 4.10. The van der Waals surface area contributed by atoms with Gasteiger partial charge in [0.25, 0.3) is 11.8 Å². The Morgan fingerprint density at radius 1 is 1.00 bits per heavy atom. The number of rotatable bonds is 8. The number of imide groups is 1. The van der Waals surface area contributed by atoms with Gasteiger partial charge in [0.05, 0.1) is 24.5 Å². The minimum atomic E-state index is -0.637. The lowest BCUT2D eigenvalue weighted by atomic mass is 9.93. The molecule has 0 saturated heterocycles. The normalized spacial score (nSPS) is 15.3. The van der Waals surface area contributed by atoms with Crippen LogP contribution in [0.3, 0.4) is 0 Å². The van der Waals surface area contributed by atoms with E-state index in [-0.39, 0.29) is 24.5 Å². The number of carbonyl (C=O) groups excluding carboxylic acids is 2. The number of aromatic nitrogens is 2. The van der Waals surface area contributed by atoms with Gasteiger partial charge in [0.2, 0.25) is 6.79 Å². The van der Waals surface area contributed by atoms with E-state index in [9.17, 15) is 14.9 Å². The predicted molar refractivity (Wildman–Crippen MR) is 164 cm³/mol. The molecule has 3 aromatic carbocycles. The molecule has 0 bridgehead atoms. The minimum Gasteiger partial charge on any atom is -0.493 e. The first kappa shape index (κ1) is 28.5. The third-order valence-electron chi connectivity index (χ3n) is 7.38. The highest BCUT2D eigenvalue weighted by molar-refractivity contribution is 6.19. The number of hydrogen-bond donors (Lipinski definition) is 0. The molecule has 0 aliphatic carbocycles. The second-order valence-corrected chi connectivity index (χ2v) is 11.0. The van der Waals surface area contributed by atoms with E-state index in [0.717, 1.165) is 21.9 Å². The van der Waals surface area contributed by atoms with E-state index in [4.69, 9.17) is 19.3 Å². The maximum absolute atomic E-state index is 13.9. The van der Waals surface area contributed by atoms with E-state index in [1.54, 1.807) is 35.9 Å². The van der Waals surface area contributed by atoms with Gasteiger partial charge in [0.1, 0.15) is 17.4 Å². The Kier molecular flexibility index (Phi) is 7.73. The summed E-state index contributed by atoms with van der Waals surface area (Å²) in [7, 11) is 0. The maximum atomic E-state index is 13.9. The van der Waals surface area contributed by atoms with Crippen LogP contribution in [-0.2, 0) is 16.1 Å². The van der Waals surface area contributed by atoms with Gasteiger partial charge in [0.15, 0.2) is 11.5 Å². The second-order valence-electron chi connectivity index (χ2n) is 11.0. The smallest absolute Gasteiger partial charge is 0.271 e. The molecule has 0 atom stereocenters. The molecule has 2 amide bonds. The molecule has 1 aromatic heterocycles. The Morgan fingerprint density at radius 3 is 2.48 bits per heavy atom. The first-order valence-corrected chi connectivity index (χ1v) is 14.3. The SMILES string of the molecule is CC1=C(C#N)C(=O)N(Cc2ccc3c(c2)OCO3)C(=O)/C1=C/c1cn(-c2ccccc2)nc1-c1ccc(OCC(C)C)cc1. The number of amides is 2. The Hall–Kier alpha value is -5.62. The Bertz CT molecular complexity index is 1850. The van der Waals surface area contributed by atoms with Crippen LogP contribution in [0.15, 0.2) is 95.7 Å². The van der Waals surface area contributed by atoms with Crippen LogP contribution < -0.4 is 14.2 Å². The van der Waals surface area contributed by atoms with Crippen molar-refractivity contribution in [3.05, 3.63) is 107 Å². The summed E-state index contributed by atoms with van der Waals surface area (Å²) in [5.74, 6) is 1.15. The van der Waals surface area contributed by atoms with Gasteiger partial charge in [-0.2, -0.15) is 10.4 Å². The van der Waals surface area contributed by atoms with E-state index in [1.807, 2.05) is 66.9 Å². The molecular formula is C35H30N4O5. The lowest BCUT2D eigenvalue weighted by Crippen LogP contribution is -2.42. The van der Waals surface area contributed by atoms with Crippen molar-refractivity contribution in [1.82, 2.24) is 14.7 Å². The average molecular weight is 587 g/mol. The van der Waals surface area contributed by atoms with Gasteiger partial charge in [-0.25, -0.2) is 4.68 Å². The van der Waals surface area contributed by atoms with Crippen LogP contribution in [0.25, 0.3) is 23.0 Å². The molecule has 4 aromatic rings. The monoisotopic (exact) mass is 586 g/mol. The second kappa shape index (κ2) is 11.9. The Morgan fingerprint density at radius 2 is 1.75 bits per heavy atom. The largest absolute Gasteiger partial charge is 0.493 e. The number of hydrogen-bond acceptors (Lipinski definition) is 7. The van der Waals surface area contributed by atoms with Gasteiger partial charge in [-0.15, -0.1) is 0 Å². The molecule has 6 rings (SSSR count). The van der Waals surface area contributed by atoms with Gasteiger partial charge in [-0.3, -0.25) is 14.5 Å². The van der Waals surface area contributed by atoms with Crippen molar-refractivity contribution < 1.29 is 23.8 Å². The molecule has 0 radical (unpaired) electrons. The van der Waals surface area contributed by atoms with E-state index >= 15 is 0 Å². The summed E-state index contributed by atoms with van der Waals surface area (Å²) in [6.45, 7) is 6.50. The number of ether oxygens (including phenoxy) is 3. The van der Waals surface area contributed by atoms with Gasteiger partial charge < -0.3 is 14.2 Å². The first-order chi connectivity index (χ1) is 21.3. The van der Waals surface area contributed by atoms with Crippen molar-refractivity contribution in [2.45, 2.75) is 27.3 Å². The van der Waals surface area contributed by atoms with Crippen molar-refractivity contribution in [1.29, 1.82) is 5.26 Å². The highest BCUT2D eigenvalue weighted by Crippen LogP contribution is 2.35. The highest BCUT2D eigenvalue weighted by atomic mass is 16.7. The average Bonchev–Trinajstić information content (AvgIpc) is 3.68. The lowest BCUT2D eigenvalue weighted by Gasteiger charge is -2.27. The molecule has 220 valence electrons. The van der Waals surface area contributed by atoms with E-state index < -0.39 is 11.8 Å². The van der Waals surface area contributed by atoms with Crippen molar-refractivity contribution >= 4 is 17.9 Å². The zero-order valence-corrected chi connectivity index (χ0v) is 24.6. The number of fused-ring (bicyclic) bond motifs is 1. The lowest BCUT2D eigenvalue weighted by molar-refractivity contribution is -0.141. The fourth-order valence-electron chi connectivity index (χ4n) is 5.05. The molecule has 0 spiro atoms. The van der Waals surface area contributed by atoms with Gasteiger partial charge >= 0.3 is 0 Å². The van der Waals surface area contributed by atoms with Gasteiger partial charge in [0, 0.05) is 22.9 Å². The molecule has 2 aliphatic rings. The fourth-order valence-corrected chi connectivity index (χ4v) is 5.05. The summed E-state index contributed by atoms with van der Waals surface area (Å²) < 4.78 is 18.5. The summed E-state index contributed by atoms with van der Waals surface area (Å²) in [6.07, 6.45) is 3.55. The van der Waals surface area contributed by atoms with Crippen molar-refractivity contribution in [2.24, 2.45) is 5.92 Å². The van der Waals surface area contributed by atoms with Crippen molar-refractivity contribution in [3.63, 3.8) is 0 Å². The molecule has 2 aliphatic heterocycles. The van der Waals surface area contributed by atoms with E-state index in [2.05, 4.69) is 13.8 Å². The van der Waals surface area contributed by atoms with Crippen LogP contribution in [0, 0.1) is 17.2 Å². The molecule has 44 heavy (non-hydrogen) atoms. The molecule has 0 unspecified atom stereocenters. The van der Waals surface area contributed by atoms with Crippen LogP contribution in [0.4, 0.5) is 0 Å². The van der Waals surface area contributed by atoms with Crippen molar-refractivity contribution in [3.8, 4) is 40.3 Å². The summed E-state index contributed by atoms with van der Waals surface area (Å²) in [6, 6.07) is 24.6. The molecule has 9 heteroatoms. The topological polar surface area (TPSA) is 107 Å². The first-order valence-electron chi connectivity index (χ1n) is 14.3. The number of nitriles is 1. The van der Waals surface area contributed by atoms with E-state index in [0.29, 0.717) is 46.4 Å². The number of nitrogens with zero attached hydrogens (tertiary/aromatic N) is 4. The molecule has 9 nitrogen and oxygen atoms in total. The number of carbonyl (C=O) groups is 2. The predicted octanol–water partition coefficient (Wildman–Crippen LogP) is 6.10. The summed E-state index contributed by atoms with van der Waals surface area (Å²) in [5, 5.41) is 14.8. The fraction of sp³-hybridized carbons (Fsp3) is 0.200. The number of para-hydroxylation sites is 1. The summed E-state index contributed by atoms with van der Waals surface area (Å²) >= 11 is 0. The molecule has 3 heterocycles. The zero-order chi connectivity index (χ0) is 30.8. The zero-order valence-electron chi connectivity index (χ0n) is 24.6. The van der Waals surface area contributed by atoms with E-state index in [1.165, 1.54) is 0 Å². The van der Waals surface area contributed by atoms with Crippen LogP contribution in [-0.4, -0.2) is 39.9 Å². The van der Waals surface area contributed by atoms with Crippen LogP contribution in [0.1, 0.15) is 31.9 Å². The maximum Gasteiger partial charge on any atom is 0.271 e. The Labute approximate surface area is 255 Å². The number of benzene rings is 3. The third kappa shape index (κ3) is 5.57. The van der Waals surface area contributed by atoms with Crippen LogP contribution in [0.5, 0.6) is 17.2 Å². The molecule has 0 N–H and O–H groups in total. The molecule has 0 saturated carbocycles. The quantitative estimate of drug-likeness (QED) is 0.182. The molecular weight excluding hydrogens is 556 g/mol. The van der Waals surface area contributed by atoms with Gasteiger partial charge in [-0.05, 0) is 78.6 Å². The standard InChI is InChI=1S/C35H30N4O5/c1-22(2)20-42-28-12-10-25(11-13-28)33-26(19-39(37-33)27-7-5-4-6-8-27)16-29-23(3)30(17-36)35(41)38(34(29)40)18-24-9-14-31-32(15-24)44-21-43-31/h4-16,19,22H,18,20-21H2,1-3H3/b29-16+. The molecule has 0 fully saturated rings. The van der Waals surface area contributed by atoms with Crippen molar-refractivity contribution in [2.75, 3.05) is 13.4 Å². The highest BCUT2D eigenvalue weighted by Gasteiger charge is 2.36. The summed E-state index contributed by atoms with van der Waals surface area (Å²) in [4.78, 5) is 28.4. The third-order valence-corrected chi connectivity index (χ3v) is 7.38. The van der Waals surface area contributed by atoms with Gasteiger partial charge in [-0.1, -0.05) is 38.1 Å².